The number of carbonyl (C=O) groups excluding carboxylic acids is 1. The van der Waals surface area contributed by atoms with Crippen molar-refractivity contribution in [3.05, 3.63) is 69.9 Å². The van der Waals surface area contributed by atoms with E-state index >= 15 is 0 Å². The first-order chi connectivity index (χ1) is 13.7. The van der Waals surface area contributed by atoms with Crippen molar-refractivity contribution in [3.8, 4) is 0 Å². The molecule has 2 aliphatic heterocycles. The Balaban J connectivity index is 1.19. The van der Waals surface area contributed by atoms with Crippen molar-refractivity contribution in [3.63, 3.8) is 0 Å². The summed E-state index contributed by atoms with van der Waals surface area (Å²) in [5, 5.41) is 1.19. The summed E-state index contributed by atoms with van der Waals surface area (Å²) in [5.74, 6) is 0.783. The standard InChI is InChI=1S/C23H23BrN2O2/c24-22-20(19-7-3-4-8-21(19)28-22)15-25-11-9-16(10-12-25)13-26-14-17-5-1-2-6-18(17)23(26)27/h1-8,16H,9-15H2. The Kier molecular flexibility index (Phi) is 4.73. The molecule has 0 N–H and O–H groups in total. The molecule has 1 amide bonds. The summed E-state index contributed by atoms with van der Waals surface area (Å²) in [5.41, 5.74) is 4.23. The number of carbonyl (C=O) groups is 1. The number of piperidine rings is 1. The van der Waals surface area contributed by atoms with Crippen molar-refractivity contribution in [2.75, 3.05) is 19.6 Å². The Morgan fingerprint density at radius 2 is 1.79 bits per heavy atom. The molecule has 0 radical (unpaired) electrons. The lowest BCUT2D eigenvalue weighted by Crippen LogP contribution is -2.38. The highest BCUT2D eigenvalue weighted by Crippen LogP contribution is 2.32. The molecule has 0 atom stereocenters. The molecule has 1 saturated heterocycles. The summed E-state index contributed by atoms with van der Waals surface area (Å²) >= 11 is 3.59. The largest absolute Gasteiger partial charge is 0.449 e. The van der Waals surface area contributed by atoms with Crippen LogP contribution in [0.4, 0.5) is 0 Å². The maximum absolute atomic E-state index is 12.6. The first-order valence-corrected chi connectivity index (χ1v) is 10.7. The molecule has 3 aromatic rings. The number of para-hydroxylation sites is 1. The summed E-state index contributed by atoms with van der Waals surface area (Å²) in [7, 11) is 0. The number of fused-ring (bicyclic) bond motifs is 2. The minimum Gasteiger partial charge on any atom is -0.449 e. The molecular formula is C23H23BrN2O2. The number of benzene rings is 2. The average Bonchev–Trinajstić information content (AvgIpc) is 3.20. The normalized spacial score (nSPS) is 18.2. The number of furan rings is 1. The Bertz CT molecular complexity index is 1020. The maximum Gasteiger partial charge on any atom is 0.254 e. The summed E-state index contributed by atoms with van der Waals surface area (Å²) < 4.78 is 6.68. The summed E-state index contributed by atoms with van der Waals surface area (Å²) in [4.78, 5) is 17.1. The lowest BCUT2D eigenvalue weighted by atomic mass is 9.96. The van der Waals surface area contributed by atoms with Gasteiger partial charge in [-0.3, -0.25) is 9.69 Å². The Labute approximate surface area is 173 Å². The van der Waals surface area contributed by atoms with Gasteiger partial charge < -0.3 is 9.32 Å². The van der Waals surface area contributed by atoms with Gasteiger partial charge in [-0.05, 0) is 65.5 Å². The maximum atomic E-state index is 12.6. The van der Waals surface area contributed by atoms with Crippen molar-refractivity contribution in [1.29, 1.82) is 0 Å². The van der Waals surface area contributed by atoms with Crippen LogP contribution in [0.3, 0.4) is 0 Å². The molecule has 0 unspecified atom stereocenters. The van der Waals surface area contributed by atoms with Gasteiger partial charge in [0.15, 0.2) is 4.67 Å². The zero-order valence-corrected chi connectivity index (χ0v) is 17.3. The van der Waals surface area contributed by atoms with Crippen LogP contribution in [0.25, 0.3) is 11.0 Å². The van der Waals surface area contributed by atoms with Crippen LogP contribution in [0.1, 0.15) is 34.3 Å². The van der Waals surface area contributed by atoms with Gasteiger partial charge >= 0.3 is 0 Å². The van der Waals surface area contributed by atoms with E-state index in [1.807, 2.05) is 35.2 Å². The number of hydrogen-bond donors (Lipinski definition) is 0. The molecule has 0 bridgehead atoms. The molecule has 28 heavy (non-hydrogen) atoms. The second-order valence-electron chi connectivity index (χ2n) is 7.91. The summed E-state index contributed by atoms with van der Waals surface area (Å²) in [6, 6.07) is 16.2. The van der Waals surface area contributed by atoms with Gasteiger partial charge in [-0.15, -0.1) is 0 Å². The molecule has 144 valence electrons. The van der Waals surface area contributed by atoms with Crippen molar-refractivity contribution in [2.45, 2.75) is 25.9 Å². The van der Waals surface area contributed by atoms with E-state index in [1.54, 1.807) is 0 Å². The average molecular weight is 439 g/mol. The van der Waals surface area contributed by atoms with Crippen molar-refractivity contribution >= 4 is 32.8 Å². The van der Waals surface area contributed by atoms with Crippen LogP contribution in [-0.2, 0) is 13.1 Å². The molecule has 5 rings (SSSR count). The first-order valence-electron chi connectivity index (χ1n) is 9.94. The number of halogens is 1. The van der Waals surface area contributed by atoms with Crippen LogP contribution in [0.15, 0.2) is 57.6 Å². The summed E-state index contributed by atoms with van der Waals surface area (Å²) in [6.07, 6.45) is 2.26. The van der Waals surface area contributed by atoms with Gasteiger partial charge in [0.05, 0.1) is 0 Å². The monoisotopic (exact) mass is 438 g/mol. The minimum absolute atomic E-state index is 0.201. The fourth-order valence-electron chi connectivity index (χ4n) is 4.54. The van der Waals surface area contributed by atoms with E-state index in [0.29, 0.717) is 5.92 Å². The molecule has 2 aliphatic rings. The lowest BCUT2D eigenvalue weighted by Gasteiger charge is -2.33. The van der Waals surface area contributed by atoms with Gasteiger partial charge in [0.2, 0.25) is 0 Å². The second-order valence-corrected chi connectivity index (χ2v) is 8.63. The molecule has 0 spiro atoms. The first kappa shape index (κ1) is 18.0. The van der Waals surface area contributed by atoms with E-state index in [-0.39, 0.29) is 5.91 Å². The van der Waals surface area contributed by atoms with E-state index in [4.69, 9.17) is 4.42 Å². The Morgan fingerprint density at radius 1 is 1.04 bits per heavy atom. The topological polar surface area (TPSA) is 36.7 Å². The number of amides is 1. The van der Waals surface area contributed by atoms with Gasteiger partial charge in [0, 0.05) is 36.1 Å². The van der Waals surface area contributed by atoms with E-state index in [9.17, 15) is 4.79 Å². The number of rotatable bonds is 4. The fourth-order valence-corrected chi connectivity index (χ4v) is 5.05. The SMILES string of the molecule is O=C1c2ccccc2CN1CC1CCN(Cc2c(Br)oc3ccccc23)CC1. The predicted molar refractivity (Wildman–Crippen MR) is 113 cm³/mol. The molecule has 1 aromatic heterocycles. The third kappa shape index (κ3) is 3.27. The van der Waals surface area contributed by atoms with E-state index in [2.05, 4.69) is 39.0 Å². The van der Waals surface area contributed by atoms with Gasteiger partial charge in [-0.25, -0.2) is 0 Å². The highest BCUT2D eigenvalue weighted by atomic mass is 79.9. The van der Waals surface area contributed by atoms with Crippen LogP contribution in [0.5, 0.6) is 0 Å². The van der Waals surface area contributed by atoms with E-state index in [1.165, 1.54) is 16.5 Å². The predicted octanol–water partition coefficient (Wildman–Crippen LogP) is 5.06. The van der Waals surface area contributed by atoms with Gasteiger partial charge in [-0.2, -0.15) is 0 Å². The third-order valence-corrected chi connectivity index (χ3v) is 6.75. The van der Waals surface area contributed by atoms with Crippen molar-refractivity contribution in [2.24, 2.45) is 5.92 Å². The Hall–Kier alpha value is -2.11. The molecule has 0 aliphatic carbocycles. The number of hydrogen-bond acceptors (Lipinski definition) is 3. The molecule has 1 fully saturated rings. The molecule has 4 nitrogen and oxygen atoms in total. The molecule has 0 saturated carbocycles. The molecule has 2 aromatic carbocycles. The smallest absolute Gasteiger partial charge is 0.254 e. The second kappa shape index (κ2) is 7.37. The molecule has 3 heterocycles. The summed E-state index contributed by atoms with van der Waals surface area (Å²) in [6.45, 7) is 4.67. The number of likely N-dealkylation sites (tertiary alicyclic amines) is 1. The number of nitrogens with zero attached hydrogens (tertiary/aromatic N) is 2. The van der Waals surface area contributed by atoms with Crippen LogP contribution < -0.4 is 0 Å². The van der Waals surface area contributed by atoms with Crippen LogP contribution in [0, 0.1) is 5.92 Å². The fraction of sp³-hybridized carbons (Fsp3) is 0.348. The zero-order valence-electron chi connectivity index (χ0n) is 15.7. The minimum atomic E-state index is 0.201. The Morgan fingerprint density at radius 3 is 2.61 bits per heavy atom. The van der Waals surface area contributed by atoms with Gasteiger partial charge in [0.1, 0.15) is 5.58 Å². The highest BCUT2D eigenvalue weighted by Gasteiger charge is 2.30. The van der Waals surface area contributed by atoms with Crippen LogP contribution >= 0.6 is 15.9 Å². The zero-order chi connectivity index (χ0) is 19.1. The van der Waals surface area contributed by atoms with Gasteiger partial charge in [-0.1, -0.05) is 36.4 Å². The van der Waals surface area contributed by atoms with Crippen molar-refractivity contribution < 1.29 is 9.21 Å². The lowest BCUT2D eigenvalue weighted by molar-refractivity contribution is 0.0711. The van der Waals surface area contributed by atoms with Crippen LogP contribution in [-0.4, -0.2) is 35.3 Å². The van der Waals surface area contributed by atoms with Crippen LogP contribution in [0.2, 0.25) is 0 Å². The van der Waals surface area contributed by atoms with Crippen molar-refractivity contribution in [1.82, 2.24) is 9.80 Å². The molecular weight excluding hydrogens is 416 g/mol. The quantitative estimate of drug-likeness (QED) is 0.570. The molecule has 5 heteroatoms. The third-order valence-electron chi connectivity index (χ3n) is 6.11. The van der Waals surface area contributed by atoms with Gasteiger partial charge in [0.25, 0.3) is 5.91 Å². The highest BCUT2D eigenvalue weighted by molar-refractivity contribution is 9.10. The van der Waals surface area contributed by atoms with E-state index < -0.39 is 0 Å². The van der Waals surface area contributed by atoms with E-state index in [0.717, 1.165) is 61.4 Å².